The first kappa shape index (κ1) is 13.3. The molecule has 0 aliphatic rings. The quantitative estimate of drug-likeness (QED) is 0.630. The third-order valence-corrected chi connectivity index (χ3v) is 3.71. The Morgan fingerprint density at radius 1 is 1.09 bits per heavy atom. The highest BCUT2D eigenvalue weighted by molar-refractivity contribution is 5.98. The summed E-state index contributed by atoms with van der Waals surface area (Å²) in [6, 6.07) is 11.4. The summed E-state index contributed by atoms with van der Waals surface area (Å²) in [4.78, 5) is 20.1. The van der Waals surface area contributed by atoms with E-state index in [4.69, 9.17) is 5.73 Å². The third kappa shape index (κ3) is 2.26. The molecular weight excluding hydrogens is 290 g/mol. The number of pyridine rings is 1. The number of benzene rings is 1. The Kier molecular flexibility index (Phi) is 2.94. The molecule has 0 aliphatic carbocycles. The lowest BCUT2D eigenvalue weighted by molar-refractivity contribution is 0.100. The zero-order valence-electron chi connectivity index (χ0n) is 12.1. The number of amides is 1. The van der Waals surface area contributed by atoms with Crippen LogP contribution in [-0.4, -0.2) is 24.8 Å². The molecule has 4 aromatic rings. The lowest BCUT2D eigenvalue weighted by Crippen LogP contribution is -2.12. The van der Waals surface area contributed by atoms with E-state index in [9.17, 15) is 4.79 Å². The molecule has 0 spiro atoms. The van der Waals surface area contributed by atoms with Gasteiger partial charge < -0.3 is 14.7 Å². The molecule has 0 bridgehead atoms. The molecule has 112 valence electrons. The molecule has 0 unspecified atom stereocenters. The van der Waals surface area contributed by atoms with Gasteiger partial charge in [-0.15, -0.1) is 0 Å². The second-order valence-corrected chi connectivity index (χ2v) is 5.16. The van der Waals surface area contributed by atoms with E-state index in [2.05, 4.69) is 9.97 Å². The average molecular weight is 303 g/mol. The zero-order chi connectivity index (χ0) is 15.8. The molecule has 0 aliphatic heterocycles. The molecule has 6 heteroatoms. The Balaban J connectivity index is 1.77. The topological polar surface area (TPSA) is 78.2 Å². The number of hydrogen-bond donors (Lipinski definition) is 1. The Hall–Kier alpha value is -3.41. The molecule has 6 nitrogen and oxygen atoms in total. The van der Waals surface area contributed by atoms with E-state index >= 15 is 0 Å². The van der Waals surface area contributed by atoms with Gasteiger partial charge in [0.25, 0.3) is 5.91 Å². The minimum atomic E-state index is -0.483. The summed E-state index contributed by atoms with van der Waals surface area (Å²) in [5, 5.41) is 0. The first-order valence-corrected chi connectivity index (χ1v) is 7.09. The van der Waals surface area contributed by atoms with Gasteiger partial charge in [0, 0.05) is 36.0 Å². The monoisotopic (exact) mass is 303 g/mol. The number of carbonyl (C=O) groups is 1. The minimum absolute atomic E-state index is 0.411. The first-order chi connectivity index (χ1) is 11.2. The van der Waals surface area contributed by atoms with Crippen LogP contribution < -0.4 is 5.73 Å². The lowest BCUT2D eigenvalue weighted by atomic mass is 10.1. The van der Waals surface area contributed by atoms with Crippen molar-refractivity contribution in [3.05, 3.63) is 73.1 Å². The van der Waals surface area contributed by atoms with Gasteiger partial charge in [-0.1, -0.05) is 12.1 Å². The minimum Gasteiger partial charge on any atom is -0.365 e. The zero-order valence-corrected chi connectivity index (χ0v) is 12.1. The van der Waals surface area contributed by atoms with E-state index in [0.717, 1.165) is 16.9 Å². The molecule has 1 amide bonds. The van der Waals surface area contributed by atoms with E-state index in [0.29, 0.717) is 11.2 Å². The molecule has 0 atom stereocenters. The van der Waals surface area contributed by atoms with E-state index in [1.807, 2.05) is 47.4 Å². The van der Waals surface area contributed by atoms with E-state index in [1.54, 1.807) is 29.1 Å². The van der Waals surface area contributed by atoms with E-state index in [-0.39, 0.29) is 0 Å². The number of hydrogen-bond acceptors (Lipinski definition) is 3. The van der Waals surface area contributed by atoms with Crippen molar-refractivity contribution in [2.24, 2.45) is 5.73 Å². The molecule has 0 radical (unpaired) electrons. The van der Waals surface area contributed by atoms with Gasteiger partial charge in [0.05, 0.1) is 17.6 Å². The maximum Gasteiger partial charge on any atom is 0.252 e. The molecular formula is C17H13N5O. The van der Waals surface area contributed by atoms with Crippen LogP contribution in [0.15, 0.2) is 67.5 Å². The summed E-state index contributed by atoms with van der Waals surface area (Å²) in [5.41, 5.74) is 9.15. The Bertz CT molecular complexity index is 984. The van der Waals surface area contributed by atoms with Gasteiger partial charge in [-0.2, -0.15) is 0 Å². The normalized spacial score (nSPS) is 11.0. The summed E-state index contributed by atoms with van der Waals surface area (Å²) in [5.74, 6) is -0.483. The summed E-state index contributed by atoms with van der Waals surface area (Å²) in [6.45, 7) is 0. The Morgan fingerprint density at radius 2 is 1.91 bits per heavy atom. The lowest BCUT2D eigenvalue weighted by Gasteiger charge is -2.02. The van der Waals surface area contributed by atoms with Gasteiger partial charge in [-0.25, -0.2) is 9.97 Å². The summed E-state index contributed by atoms with van der Waals surface area (Å²) >= 11 is 0. The van der Waals surface area contributed by atoms with Gasteiger partial charge >= 0.3 is 0 Å². The summed E-state index contributed by atoms with van der Waals surface area (Å²) < 4.78 is 3.73. The molecule has 2 N–H and O–H groups in total. The number of primary amides is 1. The molecule has 3 heterocycles. The smallest absolute Gasteiger partial charge is 0.252 e. The number of fused-ring (bicyclic) bond motifs is 1. The fraction of sp³-hybridized carbons (Fsp3) is 0. The van der Waals surface area contributed by atoms with Gasteiger partial charge in [0.2, 0.25) is 0 Å². The maximum absolute atomic E-state index is 11.5. The predicted octanol–water partition coefficient (Wildman–Crippen LogP) is 2.29. The standard InChI is InChI=1S/C17H13N5O/c18-16(23)14-2-1-8-21-10-15(20-17(14)21)12-3-5-13(6-4-12)22-9-7-19-11-22/h1-11H,(H2,18,23). The highest BCUT2D eigenvalue weighted by Crippen LogP contribution is 2.22. The van der Waals surface area contributed by atoms with Crippen molar-refractivity contribution in [2.45, 2.75) is 0 Å². The number of nitrogens with zero attached hydrogens (tertiary/aromatic N) is 4. The molecule has 1 aromatic carbocycles. The maximum atomic E-state index is 11.5. The van der Waals surface area contributed by atoms with Crippen molar-refractivity contribution in [3.8, 4) is 16.9 Å². The van der Waals surface area contributed by atoms with Crippen molar-refractivity contribution in [2.75, 3.05) is 0 Å². The first-order valence-electron chi connectivity index (χ1n) is 7.09. The Morgan fingerprint density at radius 3 is 2.61 bits per heavy atom. The number of imidazole rings is 2. The third-order valence-electron chi connectivity index (χ3n) is 3.71. The molecule has 0 saturated heterocycles. The van der Waals surface area contributed by atoms with Crippen LogP contribution >= 0.6 is 0 Å². The van der Waals surface area contributed by atoms with Crippen molar-refractivity contribution in [1.82, 2.24) is 18.9 Å². The van der Waals surface area contributed by atoms with Crippen LogP contribution in [0.1, 0.15) is 10.4 Å². The SMILES string of the molecule is NC(=O)c1cccn2cc(-c3ccc(-n4ccnc4)cc3)nc12. The highest BCUT2D eigenvalue weighted by Gasteiger charge is 2.11. The molecule has 4 rings (SSSR count). The Labute approximate surface area is 131 Å². The number of aromatic nitrogens is 4. The van der Waals surface area contributed by atoms with Crippen molar-refractivity contribution >= 4 is 11.6 Å². The van der Waals surface area contributed by atoms with Crippen LogP contribution in [0.3, 0.4) is 0 Å². The van der Waals surface area contributed by atoms with Crippen LogP contribution in [0.5, 0.6) is 0 Å². The van der Waals surface area contributed by atoms with E-state index < -0.39 is 5.91 Å². The van der Waals surface area contributed by atoms with Crippen molar-refractivity contribution < 1.29 is 4.79 Å². The summed E-state index contributed by atoms with van der Waals surface area (Å²) in [7, 11) is 0. The highest BCUT2D eigenvalue weighted by atomic mass is 16.1. The predicted molar refractivity (Wildman–Crippen MR) is 86.3 cm³/mol. The molecule has 0 saturated carbocycles. The molecule has 23 heavy (non-hydrogen) atoms. The van der Waals surface area contributed by atoms with Crippen molar-refractivity contribution in [3.63, 3.8) is 0 Å². The fourth-order valence-corrected chi connectivity index (χ4v) is 2.56. The van der Waals surface area contributed by atoms with E-state index in [1.165, 1.54) is 0 Å². The van der Waals surface area contributed by atoms with Crippen LogP contribution in [0.25, 0.3) is 22.6 Å². The van der Waals surface area contributed by atoms with Crippen LogP contribution in [0.2, 0.25) is 0 Å². The largest absolute Gasteiger partial charge is 0.365 e. The summed E-state index contributed by atoms with van der Waals surface area (Å²) in [6.07, 6.45) is 9.10. The number of rotatable bonds is 3. The number of nitrogens with two attached hydrogens (primary N) is 1. The van der Waals surface area contributed by atoms with Gasteiger partial charge in [-0.3, -0.25) is 4.79 Å². The van der Waals surface area contributed by atoms with Gasteiger partial charge in [-0.05, 0) is 24.3 Å². The second kappa shape index (κ2) is 5.10. The molecule has 0 fully saturated rings. The van der Waals surface area contributed by atoms with Crippen LogP contribution in [0.4, 0.5) is 0 Å². The van der Waals surface area contributed by atoms with Gasteiger partial charge in [0.15, 0.2) is 0 Å². The average Bonchev–Trinajstić information content (AvgIpc) is 3.24. The van der Waals surface area contributed by atoms with Gasteiger partial charge in [0.1, 0.15) is 5.65 Å². The van der Waals surface area contributed by atoms with Crippen molar-refractivity contribution in [1.29, 1.82) is 0 Å². The molecule has 3 aromatic heterocycles. The number of carbonyl (C=O) groups excluding carboxylic acids is 1. The van der Waals surface area contributed by atoms with Crippen LogP contribution in [-0.2, 0) is 0 Å². The van der Waals surface area contributed by atoms with Crippen LogP contribution in [0, 0.1) is 0 Å². The fourth-order valence-electron chi connectivity index (χ4n) is 2.56. The second-order valence-electron chi connectivity index (χ2n) is 5.16.